The molecule has 0 aliphatic rings. The van der Waals surface area contributed by atoms with E-state index in [1.165, 1.54) is 0 Å². The lowest BCUT2D eigenvalue weighted by Gasteiger charge is -2.08. The second kappa shape index (κ2) is 7.34. The lowest BCUT2D eigenvalue weighted by Crippen LogP contribution is -2.23. The average Bonchev–Trinajstić information content (AvgIpc) is 2.45. The van der Waals surface area contributed by atoms with Crippen molar-refractivity contribution in [1.29, 1.82) is 0 Å². The second-order valence-electron chi connectivity index (χ2n) is 4.64. The van der Waals surface area contributed by atoms with Gasteiger partial charge in [-0.15, -0.1) is 0 Å². The van der Waals surface area contributed by atoms with Crippen molar-refractivity contribution in [3.05, 3.63) is 63.6 Å². The van der Waals surface area contributed by atoms with Crippen LogP contribution < -0.4 is 5.32 Å². The number of benzene rings is 2. The first-order valence-corrected chi connectivity index (χ1v) is 7.29. The number of phenolic OH excluding ortho intramolecular Hbond substituents is 1. The van der Waals surface area contributed by atoms with Crippen molar-refractivity contribution >= 4 is 29.1 Å². The number of hydrogen-bond donors (Lipinski definition) is 2. The van der Waals surface area contributed by atoms with E-state index in [0.717, 1.165) is 11.1 Å². The minimum Gasteiger partial charge on any atom is -0.508 e. The highest BCUT2D eigenvalue weighted by molar-refractivity contribution is 6.35. The highest BCUT2D eigenvalue weighted by atomic mass is 35.5. The first-order valence-electron chi connectivity index (χ1n) is 6.54. The number of amides is 1. The van der Waals surface area contributed by atoms with Crippen molar-refractivity contribution in [3.8, 4) is 5.75 Å². The summed E-state index contributed by atoms with van der Waals surface area (Å²) in [4.78, 5) is 11.8. The molecule has 3 nitrogen and oxygen atoms in total. The van der Waals surface area contributed by atoms with Crippen LogP contribution >= 0.6 is 23.2 Å². The summed E-state index contributed by atoms with van der Waals surface area (Å²) in [7, 11) is 0. The minimum atomic E-state index is -0.0933. The van der Waals surface area contributed by atoms with Gasteiger partial charge >= 0.3 is 0 Å². The van der Waals surface area contributed by atoms with Gasteiger partial charge < -0.3 is 10.4 Å². The van der Waals surface area contributed by atoms with Gasteiger partial charge in [-0.3, -0.25) is 4.79 Å². The van der Waals surface area contributed by atoms with Gasteiger partial charge in [0.2, 0.25) is 5.91 Å². The van der Waals surface area contributed by atoms with E-state index in [4.69, 9.17) is 23.2 Å². The number of carbonyl (C=O) groups is 1. The number of nitrogens with one attached hydrogen (secondary N) is 1. The SMILES string of the molecule is O=C(CCc1ccccc1O)NCc1ccc(Cl)cc1Cl. The summed E-state index contributed by atoms with van der Waals surface area (Å²) in [5.41, 5.74) is 1.58. The fraction of sp³-hybridized carbons (Fsp3) is 0.188. The maximum Gasteiger partial charge on any atom is 0.220 e. The Hall–Kier alpha value is -1.71. The van der Waals surface area contributed by atoms with E-state index in [2.05, 4.69) is 5.32 Å². The third-order valence-electron chi connectivity index (χ3n) is 3.10. The zero-order chi connectivity index (χ0) is 15.2. The summed E-state index contributed by atoms with van der Waals surface area (Å²) in [6.07, 6.45) is 0.801. The molecule has 110 valence electrons. The third-order valence-corrected chi connectivity index (χ3v) is 3.69. The van der Waals surface area contributed by atoms with E-state index >= 15 is 0 Å². The number of para-hydroxylation sites is 1. The summed E-state index contributed by atoms with van der Waals surface area (Å²) < 4.78 is 0. The molecule has 0 saturated heterocycles. The molecule has 0 atom stereocenters. The lowest BCUT2D eigenvalue weighted by atomic mass is 10.1. The molecule has 2 rings (SSSR count). The first-order chi connectivity index (χ1) is 10.1. The van der Waals surface area contributed by atoms with E-state index in [1.54, 1.807) is 36.4 Å². The molecule has 0 aliphatic heterocycles. The summed E-state index contributed by atoms with van der Waals surface area (Å²) in [5, 5.41) is 13.5. The molecule has 0 bridgehead atoms. The van der Waals surface area contributed by atoms with Gasteiger partial charge in [0.1, 0.15) is 5.75 Å². The highest BCUT2D eigenvalue weighted by Crippen LogP contribution is 2.21. The molecule has 0 fully saturated rings. The topological polar surface area (TPSA) is 49.3 Å². The molecule has 0 aliphatic carbocycles. The van der Waals surface area contributed by atoms with Gasteiger partial charge in [0.25, 0.3) is 0 Å². The van der Waals surface area contributed by atoms with Gasteiger partial charge in [-0.25, -0.2) is 0 Å². The van der Waals surface area contributed by atoms with Crippen molar-refractivity contribution in [3.63, 3.8) is 0 Å². The van der Waals surface area contributed by atoms with Crippen LogP contribution in [0.2, 0.25) is 10.0 Å². The van der Waals surface area contributed by atoms with Gasteiger partial charge in [0.05, 0.1) is 0 Å². The molecule has 5 heteroatoms. The van der Waals surface area contributed by atoms with E-state index in [0.29, 0.717) is 29.4 Å². The number of rotatable bonds is 5. The van der Waals surface area contributed by atoms with Crippen molar-refractivity contribution in [2.75, 3.05) is 0 Å². The van der Waals surface area contributed by atoms with E-state index in [9.17, 15) is 9.90 Å². The van der Waals surface area contributed by atoms with Crippen LogP contribution in [0.3, 0.4) is 0 Å². The molecule has 0 heterocycles. The Kier molecular flexibility index (Phi) is 5.48. The van der Waals surface area contributed by atoms with Crippen LogP contribution in [0.5, 0.6) is 5.75 Å². The Labute approximate surface area is 133 Å². The quantitative estimate of drug-likeness (QED) is 0.875. The summed E-state index contributed by atoms with van der Waals surface area (Å²) >= 11 is 11.9. The molecule has 21 heavy (non-hydrogen) atoms. The maximum absolute atomic E-state index is 11.8. The number of carbonyl (C=O) groups excluding carboxylic acids is 1. The zero-order valence-electron chi connectivity index (χ0n) is 11.3. The molecular weight excluding hydrogens is 309 g/mol. The van der Waals surface area contributed by atoms with Crippen molar-refractivity contribution in [2.24, 2.45) is 0 Å². The molecule has 0 spiro atoms. The maximum atomic E-state index is 11.8. The molecule has 0 aromatic heterocycles. The lowest BCUT2D eigenvalue weighted by molar-refractivity contribution is -0.121. The van der Waals surface area contributed by atoms with E-state index in [-0.39, 0.29) is 11.7 Å². The number of halogens is 2. The smallest absolute Gasteiger partial charge is 0.220 e. The van der Waals surface area contributed by atoms with Gasteiger partial charge in [-0.2, -0.15) is 0 Å². The monoisotopic (exact) mass is 323 g/mol. The van der Waals surface area contributed by atoms with Crippen molar-refractivity contribution in [2.45, 2.75) is 19.4 Å². The van der Waals surface area contributed by atoms with Gasteiger partial charge in [-0.1, -0.05) is 47.5 Å². The Bertz CT molecular complexity index is 644. The zero-order valence-corrected chi connectivity index (χ0v) is 12.8. The van der Waals surface area contributed by atoms with Crippen molar-refractivity contribution < 1.29 is 9.90 Å². The normalized spacial score (nSPS) is 10.4. The van der Waals surface area contributed by atoms with Crippen LogP contribution in [0.15, 0.2) is 42.5 Å². The van der Waals surface area contributed by atoms with E-state index < -0.39 is 0 Å². The van der Waals surface area contributed by atoms with Crippen LogP contribution in [0.25, 0.3) is 0 Å². The molecule has 1 amide bonds. The first kappa shape index (κ1) is 15.7. The molecular formula is C16H15Cl2NO2. The average molecular weight is 324 g/mol. The van der Waals surface area contributed by atoms with Crippen LogP contribution in [-0.2, 0) is 17.8 Å². The largest absolute Gasteiger partial charge is 0.508 e. The fourth-order valence-electron chi connectivity index (χ4n) is 1.92. The highest BCUT2D eigenvalue weighted by Gasteiger charge is 2.07. The molecule has 0 unspecified atom stereocenters. The Morgan fingerprint density at radius 3 is 2.57 bits per heavy atom. The molecule has 2 aromatic rings. The van der Waals surface area contributed by atoms with E-state index in [1.807, 2.05) is 6.07 Å². The fourth-order valence-corrected chi connectivity index (χ4v) is 2.39. The van der Waals surface area contributed by atoms with Crippen LogP contribution in [0, 0.1) is 0 Å². The van der Waals surface area contributed by atoms with Crippen LogP contribution in [0.1, 0.15) is 17.5 Å². The third kappa shape index (κ3) is 4.66. The summed E-state index contributed by atoms with van der Waals surface area (Å²) in [6.45, 7) is 0.357. The molecule has 0 radical (unpaired) electrons. The number of phenols is 1. The van der Waals surface area contributed by atoms with Crippen LogP contribution in [-0.4, -0.2) is 11.0 Å². The van der Waals surface area contributed by atoms with Gasteiger partial charge in [0.15, 0.2) is 0 Å². The standard InChI is InChI=1S/C16H15Cl2NO2/c17-13-7-5-12(14(18)9-13)10-19-16(21)8-6-11-3-1-2-4-15(11)20/h1-5,7,9,20H,6,8,10H2,(H,19,21). The summed E-state index contributed by atoms with van der Waals surface area (Å²) in [6, 6.07) is 12.2. The number of aryl methyl sites for hydroxylation is 1. The Morgan fingerprint density at radius 2 is 1.86 bits per heavy atom. The number of aromatic hydroxyl groups is 1. The Balaban J connectivity index is 1.84. The van der Waals surface area contributed by atoms with Crippen LogP contribution in [0.4, 0.5) is 0 Å². The van der Waals surface area contributed by atoms with Crippen molar-refractivity contribution in [1.82, 2.24) is 5.32 Å². The molecule has 2 N–H and O–H groups in total. The molecule has 2 aromatic carbocycles. The predicted octanol–water partition coefficient (Wildman–Crippen LogP) is 3.95. The summed E-state index contributed by atoms with van der Waals surface area (Å²) in [5.74, 6) is 0.121. The minimum absolute atomic E-state index is 0.0933. The van der Waals surface area contributed by atoms with Gasteiger partial charge in [0, 0.05) is 23.0 Å². The Morgan fingerprint density at radius 1 is 1.10 bits per heavy atom. The predicted molar refractivity (Wildman–Crippen MR) is 84.7 cm³/mol. The van der Waals surface area contributed by atoms with Gasteiger partial charge in [-0.05, 0) is 35.7 Å². The molecule has 0 saturated carbocycles. The number of hydrogen-bond acceptors (Lipinski definition) is 2. The second-order valence-corrected chi connectivity index (χ2v) is 5.48.